The number of hydrogen-bond donors (Lipinski definition) is 0. The van der Waals surface area contributed by atoms with Crippen LogP contribution in [-0.2, 0) is 4.79 Å². The Hall–Kier alpha value is -3.44. The highest BCUT2D eigenvalue weighted by Gasteiger charge is 2.26. The van der Waals surface area contributed by atoms with Gasteiger partial charge in [-0.05, 0) is 29.8 Å². The highest BCUT2D eigenvalue weighted by Crippen LogP contribution is 2.24. The van der Waals surface area contributed by atoms with Crippen LogP contribution < -0.4 is 9.47 Å². The number of halogens is 2. The maximum absolute atomic E-state index is 12.5. The Kier molecular flexibility index (Phi) is 7.57. The van der Waals surface area contributed by atoms with Gasteiger partial charge in [-0.2, -0.15) is 14.0 Å². The molecule has 0 aromatic heterocycles. The molecule has 8 heteroatoms. The van der Waals surface area contributed by atoms with E-state index in [1.807, 2.05) is 29.2 Å². The molecule has 1 aliphatic heterocycles. The molecule has 1 saturated heterocycles. The molecule has 162 valence electrons. The van der Waals surface area contributed by atoms with Crippen molar-refractivity contribution in [2.45, 2.75) is 12.7 Å². The van der Waals surface area contributed by atoms with E-state index in [1.54, 1.807) is 30.2 Å². The first-order chi connectivity index (χ1) is 15.0. The molecule has 6 nitrogen and oxygen atoms in total. The van der Waals surface area contributed by atoms with E-state index >= 15 is 0 Å². The van der Waals surface area contributed by atoms with E-state index < -0.39 is 12.7 Å². The number of amides is 1. The van der Waals surface area contributed by atoms with Crippen molar-refractivity contribution in [3.8, 4) is 17.6 Å². The SMILES string of the molecule is COc1ccc(C(C#N)N2CCN(C(=O)/C=C/c3ccccc3OC(F)F)CC2)cc1. The third kappa shape index (κ3) is 5.80. The van der Waals surface area contributed by atoms with Crippen molar-refractivity contribution >= 4 is 12.0 Å². The number of ether oxygens (including phenoxy) is 2. The molecule has 0 radical (unpaired) electrons. The highest BCUT2D eigenvalue weighted by atomic mass is 19.3. The van der Waals surface area contributed by atoms with Crippen molar-refractivity contribution in [1.82, 2.24) is 9.80 Å². The smallest absolute Gasteiger partial charge is 0.387 e. The summed E-state index contributed by atoms with van der Waals surface area (Å²) in [5.41, 5.74) is 1.28. The summed E-state index contributed by atoms with van der Waals surface area (Å²) in [7, 11) is 1.59. The predicted molar refractivity (Wildman–Crippen MR) is 112 cm³/mol. The maximum Gasteiger partial charge on any atom is 0.387 e. The summed E-state index contributed by atoms with van der Waals surface area (Å²) in [4.78, 5) is 16.2. The van der Waals surface area contributed by atoms with E-state index in [0.717, 1.165) is 11.3 Å². The van der Waals surface area contributed by atoms with Crippen LogP contribution in [0.4, 0.5) is 8.78 Å². The molecule has 1 unspecified atom stereocenters. The van der Waals surface area contributed by atoms with Crippen LogP contribution in [0.5, 0.6) is 11.5 Å². The highest BCUT2D eigenvalue weighted by molar-refractivity contribution is 5.92. The van der Waals surface area contributed by atoms with Crippen molar-refractivity contribution in [1.29, 1.82) is 5.26 Å². The van der Waals surface area contributed by atoms with Gasteiger partial charge in [-0.25, -0.2) is 0 Å². The van der Waals surface area contributed by atoms with Gasteiger partial charge in [0.1, 0.15) is 17.5 Å². The van der Waals surface area contributed by atoms with Gasteiger partial charge in [0.15, 0.2) is 0 Å². The quantitative estimate of drug-likeness (QED) is 0.630. The molecule has 1 heterocycles. The van der Waals surface area contributed by atoms with Gasteiger partial charge in [0.25, 0.3) is 0 Å². The Morgan fingerprint density at radius 1 is 1.10 bits per heavy atom. The predicted octanol–water partition coefficient (Wildman–Crippen LogP) is 3.72. The van der Waals surface area contributed by atoms with Crippen LogP contribution >= 0.6 is 0 Å². The lowest BCUT2D eigenvalue weighted by molar-refractivity contribution is -0.127. The summed E-state index contributed by atoms with van der Waals surface area (Å²) in [5.74, 6) is 0.523. The fourth-order valence-electron chi connectivity index (χ4n) is 3.44. The first-order valence-electron chi connectivity index (χ1n) is 9.80. The monoisotopic (exact) mass is 427 g/mol. The molecule has 31 heavy (non-hydrogen) atoms. The number of hydrogen-bond acceptors (Lipinski definition) is 5. The van der Waals surface area contributed by atoms with Gasteiger partial charge < -0.3 is 14.4 Å². The Labute approximate surface area is 179 Å². The van der Waals surface area contributed by atoms with Gasteiger partial charge in [-0.3, -0.25) is 9.69 Å². The van der Waals surface area contributed by atoms with Gasteiger partial charge >= 0.3 is 6.61 Å². The summed E-state index contributed by atoms with van der Waals surface area (Å²) in [6, 6.07) is 15.6. The summed E-state index contributed by atoms with van der Waals surface area (Å²) in [6.07, 6.45) is 2.83. The number of benzene rings is 2. The first kappa shape index (κ1) is 22.2. The molecule has 0 saturated carbocycles. The van der Waals surface area contributed by atoms with Crippen LogP contribution in [-0.4, -0.2) is 55.6 Å². The maximum atomic E-state index is 12.5. The van der Waals surface area contributed by atoms with E-state index in [0.29, 0.717) is 31.7 Å². The largest absolute Gasteiger partial charge is 0.497 e. The lowest BCUT2D eigenvalue weighted by Crippen LogP contribution is -2.49. The molecular formula is C23H23F2N3O3. The van der Waals surface area contributed by atoms with Crippen molar-refractivity contribution in [3.05, 3.63) is 65.7 Å². The Balaban J connectivity index is 1.59. The lowest BCUT2D eigenvalue weighted by Gasteiger charge is -2.36. The third-order valence-corrected chi connectivity index (χ3v) is 5.09. The zero-order valence-corrected chi connectivity index (χ0v) is 17.1. The average molecular weight is 427 g/mol. The van der Waals surface area contributed by atoms with E-state index in [-0.39, 0.29) is 11.7 Å². The zero-order valence-electron chi connectivity index (χ0n) is 17.1. The molecule has 2 aromatic rings. The Morgan fingerprint density at radius 3 is 2.39 bits per heavy atom. The minimum absolute atomic E-state index is 0.0164. The molecule has 0 spiro atoms. The van der Waals surface area contributed by atoms with Crippen LogP contribution in [0.15, 0.2) is 54.6 Å². The third-order valence-electron chi connectivity index (χ3n) is 5.09. The fourth-order valence-corrected chi connectivity index (χ4v) is 3.44. The normalized spacial score (nSPS) is 15.6. The molecule has 1 fully saturated rings. The number of rotatable bonds is 7. The molecule has 3 rings (SSSR count). The number of nitrogens with zero attached hydrogens (tertiary/aromatic N) is 3. The number of alkyl halides is 2. The van der Waals surface area contributed by atoms with E-state index in [9.17, 15) is 18.8 Å². The fraction of sp³-hybridized carbons (Fsp3) is 0.304. The standard InChI is InChI=1S/C23H23F2N3O3/c1-30-19-9-6-17(7-10-19)20(16-26)27-12-14-28(15-13-27)22(29)11-8-18-4-2-3-5-21(18)31-23(24)25/h2-11,20,23H,12-15H2,1H3/b11-8+. The number of carbonyl (C=O) groups is 1. The summed E-state index contributed by atoms with van der Waals surface area (Å²) >= 11 is 0. The number of methoxy groups -OCH3 is 1. The van der Waals surface area contributed by atoms with E-state index in [4.69, 9.17) is 4.74 Å². The van der Waals surface area contributed by atoms with Gasteiger partial charge in [0, 0.05) is 37.8 Å². The minimum Gasteiger partial charge on any atom is -0.497 e. The van der Waals surface area contributed by atoms with Crippen LogP contribution in [0.1, 0.15) is 17.2 Å². The minimum atomic E-state index is -2.93. The molecule has 1 amide bonds. The number of piperazine rings is 1. The van der Waals surface area contributed by atoms with E-state index in [1.165, 1.54) is 18.2 Å². The Bertz CT molecular complexity index is 949. The van der Waals surface area contributed by atoms with Crippen LogP contribution in [0.25, 0.3) is 6.08 Å². The van der Waals surface area contributed by atoms with Crippen LogP contribution in [0.3, 0.4) is 0 Å². The van der Waals surface area contributed by atoms with Gasteiger partial charge in [-0.15, -0.1) is 0 Å². The lowest BCUT2D eigenvalue weighted by atomic mass is 10.1. The van der Waals surface area contributed by atoms with Crippen LogP contribution in [0, 0.1) is 11.3 Å². The van der Waals surface area contributed by atoms with Crippen molar-refractivity contribution < 1.29 is 23.0 Å². The van der Waals surface area contributed by atoms with Gasteiger partial charge in [-0.1, -0.05) is 30.3 Å². The summed E-state index contributed by atoms with van der Waals surface area (Å²) in [6.45, 7) is -0.902. The summed E-state index contributed by atoms with van der Waals surface area (Å²) < 4.78 is 34.7. The topological polar surface area (TPSA) is 65.8 Å². The van der Waals surface area contributed by atoms with Crippen molar-refractivity contribution in [2.24, 2.45) is 0 Å². The zero-order chi connectivity index (χ0) is 22.2. The number of nitriles is 1. The molecule has 0 bridgehead atoms. The molecule has 2 aromatic carbocycles. The van der Waals surface area contributed by atoms with Crippen LogP contribution in [0.2, 0.25) is 0 Å². The second kappa shape index (κ2) is 10.5. The number of carbonyl (C=O) groups excluding carboxylic acids is 1. The van der Waals surface area contributed by atoms with Crippen molar-refractivity contribution in [2.75, 3.05) is 33.3 Å². The molecule has 0 N–H and O–H groups in total. The molecular weight excluding hydrogens is 404 g/mol. The van der Waals surface area contributed by atoms with Gasteiger partial charge in [0.2, 0.25) is 5.91 Å². The van der Waals surface area contributed by atoms with Crippen molar-refractivity contribution in [3.63, 3.8) is 0 Å². The molecule has 0 aliphatic carbocycles. The number of para-hydroxylation sites is 1. The Morgan fingerprint density at radius 2 is 1.77 bits per heavy atom. The molecule has 1 atom stereocenters. The second-order valence-corrected chi connectivity index (χ2v) is 6.92. The first-order valence-corrected chi connectivity index (χ1v) is 9.80. The average Bonchev–Trinajstić information content (AvgIpc) is 2.79. The van der Waals surface area contributed by atoms with E-state index in [2.05, 4.69) is 10.8 Å². The molecule has 1 aliphatic rings. The van der Waals surface area contributed by atoms with Gasteiger partial charge in [0.05, 0.1) is 13.2 Å². The summed E-state index contributed by atoms with van der Waals surface area (Å²) in [5, 5.41) is 9.65. The second-order valence-electron chi connectivity index (χ2n) is 6.92.